The van der Waals surface area contributed by atoms with E-state index in [2.05, 4.69) is 10.0 Å². The summed E-state index contributed by atoms with van der Waals surface area (Å²) in [6.45, 7) is -0.612. The van der Waals surface area contributed by atoms with Crippen molar-refractivity contribution < 1.29 is 36.6 Å². The van der Waals surface area contributed by atoms with Crippen LogP contribution in [0.1, 0.15) is 10.4 Å². The molecule has 0 aromatic heterocycles. The summed E-state index contributed by atoms with van der Waals surface area (Å²) in [5.41, 5.74) is 0.432. The van der Waals surface area contributed by atoms with Crippen LogP contribution in [0.15, 0.2) is 71.6 Å². The standard InChI is InChI=1S/C23H21FN2O7S/c1-31-18-10-11-20(21(13-18)32-2)25-22(27)14-33-23(28)15-4-3-5-19(12-15)34(29,30)26-17-8-6-16(24)7-9-17/h3-13,26H,14H2,1-2H3,(H,25,27). The lowest BCUT2D eigenvalue weighted by Crippen LogP contribution is -2.21. The molecule has 3 rings (SSSR count). The molecule has 0 heterocycles. The summed E-state index contributed by atoms with van der Waals surface area (Å²) < 4.78 is 55.8. The summed E-state index contributed by atoms with van der Waals surface area (Å²) >= 11 is 0. The molecule has 0 saturated heterocycles. The lowest BCUT2D eigenvalue weighted by atomic mass is 10.2. The van der Waals surface area contributed by atoms with Crippen molar-refractivity contribution in [1.82, 2.24) is 0 Å². The molecule has 0 atom stereocenters. The highest BCUT2D eigenvalue weighted by Gasteiger charge is 2.18. The summed E-state index contributed by atoms with van der Waals surface area (Å²) in [5.74, 6) is -1.15. The van der Waals surface area contributed by atoms with Gasteiger partial charge < -0.3 is 19.5 Å². The van der Waals surface area contributed by atoms with Gasteiger partial charge in [-0.05, 0) is 54.6 Å². The number of nitrogens with one attached hydrogen (secondary N) is 2. The van der Waals surface area contributed by atoms with Gasteiger partial charge in [-0.1, -0.05) is 6.07 Å². The van der Waals surface area contributed by atoms with Crippen LogP contribution in [0, 0.1) is 5.82 Å². The third kappa shape index (κ3) is 6.23. The third-order valence-electron chi connectivity index (χ3n) is 4.49. The smallest absolute Gasteiger partial charge is 0.338 e. The summed E-state index contributed by atoms with van der Waals surface area (Å²) in [7, 11) is -1.13. The van der Waals surface area contributed by atoms with E-state index >= 15 is 0 Å². The lowest BCUT2D eigenvalue weighted by Gasteiger charge is -2.12. The molecular formula is C23H21FN2O7S. The van der Waals surface area contributed by atoms with Gasteiger partial charge in [0.1, 0.15) is 17.3 Å². The van der Waals surface area contributed by atoms with Crippen LogP contribution in [0.3, 0.4) is 0 Å². The van der Waals surface area contributed by atoms with Crippen LogP contribution in [0.5, 0.6) is 11.5 Å². The van der Waals surface area contributed by atoms with Gasteiger partial charge in [0.25, 0.3) is 15.9 Å². The van der Waals surface area contributed by atoms with Crippen molar-refractivity contribution >= 4 is 33.3 Å². The van der Waals surface area contributed by atoms with Crippen LogP contribution in [0.25, 0.3) is 0 Å². The summed E-state index contributed by atoms with van der Waals surface area (Å²) in [6, 6.07) is 14.6. The Balaban J connectivity index is 1.64. The van der Waals surface area contributed by atoms with E-state index in [1.54, 1.807) is 18.2 Å². The third-order valence-corrected chi connectivity index (χ3v) is 5.87. The maximum absolute atomic E-state index is 13.0. The van der Waals surface area contributed by atoms with Crippen molar-refractivity contribution in [2.24, 2.45) is 0 Å². The summed E-state index contributed by atoms with van der Waals surface area (Å²) in [4.78, 5) is 24.4. The quantitative estimate of drug-likeness (QED) is 0.443. The van der Waals surface area contributed by atoms with E-state index in [0.29, 0.717) is 17.2 Å². The van der Waals surface area contributed by atoms with Crippen LogP contribution >= 0.6 is 0 Å². The van der Waals surface area contributed by atoms with E-state index in [4.69, 9.17) is 14.2 Å². The SMILES string of the molecule is COc1ccc(NC(=O)COC(=O)c2cccc(S(=O)(=O)Nc3ccc(F)cc3)c2)c(OC)c1. The number of rotatable bonds is 9. The molecule has 34 heavy (non-hydrogen) atoms. The van der Waals surface area contributed by atoms with Crippen molar-refractivity contribution in [1.29, 1.82) is 0 Å². The van der Waals surface area contributed by atoms with Gasteiger partial charge in [-0.2, -0.15) is 0 Å². The number of esters is 1. The zero-order valence-electron chi connectivity index (χ0n) is 18.2. The molecule has 178 valence electrons. The number of ether oxygens (including phenoxy) is 3. The number of hydrogen-bond acceptors (Lipinski definition) is 7. The molecule has 3 aromatic carbocycles. The average Bonchev–Trinajstić information content (AvgIpc) is 2.84. The fraction of sp³-hybridized carbons (Fsp3) is 0.130. The number of halogens is 1. The average molecular weight is 488 g/mol. The largest absolute Gasteiger partial charge is 0.497 e. The number of hydrogen-bond donors (Lipinski definition) is 2. The highest BCUT2D eigenvalue weighted by molar-refractivity contribution is 7.92. The van der Waals surface area contributed by atoms with E-state index in [9.17, 15) is 22.4 Å². The first-order chi connectivity index (χ1) is 16.2. The number of methoxy groups -OCH3 is 2. The van der Waals surface area contributed by atoms with Crippen molar-refractivity contribution in [2.75, 3.05) is 30.9 Å². The first kappa shape index (κ1) is 24.5. The predicted octanol–water partition coefficient (Wildman–Crippen LogP) is 3.44. The molecular weight excluding hydrogens is 467 g/mol. The van der Waals surface area contributed by atoms with Gasteiger partial charge in [-0.25, -0.2) is 17.6 Å². The molecule has 9 nitrogen and oxygen atoms in total. The summed E-state index contributed by atoms with van der Waals surface area (Å²) in [5, 5.41) is 2.56. The van der Waals surface area contributed by atoms with Crippen molar-refractivity contribution in [3.63, 3.8) is 0 Å². The zero-order chi connectivity index (χ0) is 24.7. The van der Waals surface area contributed by atoms with Crippen LogP contribution in [-0.4, -0.2) is 41.1 Å². The molecule has 0 aliphatic heterocycles. The molecule has 1 amide bonds. The minimum atomic E-state index is -4.05. The Morgan fingerprint density at radius 3 is 2.35 bits per heavy atom. The van der Waals surface area contributed by atoms with Crippen LogP contribution in [0.2, 0.25) is 0 Å². The molecule has 0 fully saturated rings. The number of sulfonamides is 1. The Bertz CT molecular complexity index is 1290. The fourth-order valence-corrected chi connectivity index (χ4v) is 3.93. The highest BCUT2D eigenvalue weighted by Crippen LogP contribution is 2.29. The van der Waals surface area contributed by atoms with E-state index in [1.165, 1.54) is 44.6 Å². The number of amides is 1. The van der Waals surface area contributed by atoms with Crippen LogP contribution < -0.4 is 19.5 Å². The first-order valence-electron chi connectivity index (χ1n) is 9.79. The Labute approximate surface area is 195 Å². The van der Waals surface area contributed by atoms with E-state index in [1.807, 2.05) is 0 Å². The number of carbonyl (C=O) groups excluding carboxylic acids is 2. The zero-order valence-corrected chi connectivity index (χ0v) is 19.0. The van der Waals surface area contributed by atoms with Crippen LogP contribution in [-0.2, 0) is 19.6 Å². The topological polar surface area (TPSA) is 120 Å². The molecule has 0 aliphatic carbocycles. The Kier molecular flexibility index (Phi) is 7.69. The van der Waals surface area contributed by atoms with Gasteiger partial charge in [0.05, 0.1) is 30.4 Å². The highest BCUT2D eigenvalue weighted by atomic mass is 32.2. The predicted molar refractivity (Wildman–Crippen MR) is 122 cm³/mol. The minimum Gasteiger partial charge on any atom is -0.497 e. The van der Waals surface area contributed by atoms with Crippen molar-refractivity contribution in [2.45, 2.75) is 4.90 Å². The molecule has 0 saturated carbocycles. The van der Waals surface area contributed by atoms with Crippen molar-refractivity contribution in [3.05, 3.63) is 78.1 Å². The minimum absolute atomic E-state index is 0.0724. The van der Waals surface area contributed by atoms with E-state index in [0.717, 1.165) is 18.2 Å². The maximum Gasteiger partial charge on any atom is 0.338 e. The molecule has 3 aromatic rings. The Hall–Kier alpha value is -4.12. The molecule has 0 spiro atoms. The summed E-state index contributed by atoms with van der Waals surface area (Å²) in [6.07, 6.45) is 0. The molecule has 0 aliphatic rings. The van der Waals surface area contributed by atoms with Gasteiger partial charge in [0.15, 0.2) is 6.61 Å². The van der Waals surface area contributed by atoms with Crippen molar-refractivity contribution in [3.8, 4) is 11.5 Å². The molecule has 11 heteroatoms. The van der Waals surface area contributed by atoms with Gasteiger partial charge in [-0.15, -0.1) is 0 Å². The number of carbonyl (C=O) groups is 2. The Morgan fingerprint density at radius 1 is 0.941 bits per heavy atom. The number of anilines is 2. The molecule has 0 bridgehead atoms. The molecule has 0 unspecified atom stereocenters. The maximum atomic E-state index is 13.0. The second kappa shape index (κ2) is 10.7. The van der Waals surface area contributed by atoms with E-state index < -0.39 is 34.3 Å². The lowest BCUT2D eigenvalue weighted by molar-refractivity contribution is -0.119. The Morgan fingerprint density at radius 2 is 1.68 bits per heavy atom. The van der Waals surface area contributed by atoms with Crippen LogP contribution in [0.4, 0.5) is 15.8 Å². The fourth-order valence-electron chi connectivity index (χ4n) is 2.82. The van der Waals surface area contributed by atoms with E-state index in [-0.39, 0.29) is 16.1 Å². The second-order valence-corrected chi connectivity index (χ2v) is 8.51. The van der Waals surface area contributed by atoms with Gasteiger partial charge in [-0.3, -0.25) is 9.52 Å². The monoisotopic (exact) mass is 488 g/mol. The van der Waals surface area contributed by atoms with Gasteiger partial charge >= 0.3 is 5.97 Å². The number of benzene rings is 3. The molecule has 2 N–H and O–H groups in total. The van der Waals surface area contributed by atoms with Gasteiger partial charge in [0, 0.05) is 11.8 Å². The van der Waals surface area contributed by atoms with Gasteiger partial charge in [0.2, 0.25) is 0 Å². The second-order valence-electron chi connectivity index (χ2n) is 6.83. The first-order valence-corrected chi connectivity index (χ1v) is 11.3. The molecule has 0 radical (unpaired) electrons. The normalized spacial score (nSPS) is 10.8.